The first-order valence-electron chi connectivity index (χ1n) is 9.29. The lowest BCUT2D eigenvalue weighted by Crippen LogP contribution is -2.55. The van der Waals surface area contributed by atoms with Crippen molar-refractivity contribution in [1.82, 2.24) is 0 Å². The van der Waals surface area contributed by atoms with Gasteiger partial charge in [0.15, 0.2) is 5.78 Å². The van der Waals surface area contributed by atoms with Crippen molar-refractivity contribution in [2.45, 2.75) is 64.9 Å². The molecule has 23 heavy (non-hydrogen) atoms. The summed E-state index contributed by atoms with van der Waals surface area (Å²) in [5.41, 5.74) is 1.33. The van der Waals surface area contributed by atoms with Gasteiger partial charge >= 0.3 is 0 Å². The molecule has 7 atom stereocenters. The highest BCUT2D eigenvalue weighted by Crippen LogP contribution is 2.66. The lowest BCUT2D eigenvalue weighted by atomic mass is 9.46. The molecule has 0 aromatic carbocycles. The molecular weight excluding hydrogens is 284 g/mol. The summed E-state index contributed by atoms with van der Waals surface area (Å²) in [5.74, 6) is 5.49. The van der Waals surface area contributed by atoms with Gasteiger partial charge in [-0.2, -0.15) is 0 Å². The fourth-order valence-corrected chi connectivity index (χ4v) is 6.88. The first-order chi connectivity index (χ1) is 10.9. The van der Waals surface area contributed by atoms with Crippen molar-refractivity contribution < 1.29 is 9.90 Å². The largest absolute Gasteiger partial charge is 0.392 e. The number of ketones is 1. The van der Waals surface area contributed by atoms with Crippen LogP contribution >= 0.6 is 0 Å². The highest BCUT2D eigenvalue weighted by molar-refractivity contribution is 5.92. The Morgan fingerprint density at radius 1 is 1.22 bits per heavy atom. The van der Waals surface area contributed by atoms with Crippen LogP contribution in [0.25, 0.3) is 0 Å². The van der Waals surface area contributed by atoms with Crippen LogP contribution in [0.4, 0.5) is 0 Å². The summed E-state index contributed by atoms with van der Waals surface area (Å²) in [5, 5.41) is 10.8. The molecule has 2 nitrogen and oxygen atoms in total. The number of hydrogen-bond donors (Lipinski definition) is 1. The lowest BCUT2D eigenvalue weighted by Gasteiger charge is -2.59. The van der Waals surface area contributed by atoms with E-state index in [1.807, 2.05) is 6.08 Å². The van der Waals surface area contributed by atoms with Crippen LogP contribution in [-0.4, -0.2) is 17.0 Å². The van der Waals surface area contributed by atoms with Crippen molar-refractivity contribution in [3.63, 3.8) is 0 Å². The second-order valence-electron chi connectivity index (χ2n) is 8.90. The number of hydrogen-bond acceptors (Lipinski definition) is 2. The van der Waals surface area contributed by atoms with Gasteiger partial charge in [0, 0.05) is 17.8 Å². The zero-order valence-electron chi connectivity index (χ0n) is 14.3. The van der Waals surface area contributed by atoms with Crippen LogP contribution in [0.1, 0.15) is 58.8 Å². The van der Waals surface area contributed by atoms with Crippen molar-refractivity contribution in [1.29, 1.82) is 0 Å². The van der Waals surface area contributed by atoms with Gasteiger partial charge in [-0.3, -0.25) is 4.79 Å². The molecule has 4 aliphatic rings. The summed E-state index contributed by atoms with van der Waals surface area (Å²) in [6.07, 6.45) is 14.4. The fraction of sp³-hybridized carbons (Fsp3) is 0.762. The third-order valence-electron chi connectivity index (χ3n) is 8.27. The molecule has 1 unspecified atom stereocenters. The van der Waals surface area contributed by atoms with Gasteiger partial charge in [0.05, 0.1) is 6.10 Å². The number of terminal acetylenes is 1. The third-order valence-corrected chi connectivity index (χ3v) is 8.27. The zero-order chi connectivity index (χ0) is 16.4. The molecule has 2 heteroatoms. The maximum atomic E-state index is 11.9. The van der Waals surface area contributed by atoms with Crippen LogP contribution < -0.4 is 0 Å². The number of carbonyl (C=O) groups is 1. The number of carbonyl (C=O) groups excluding carboxylic acids is 1. The van der Waals surface area contributed by atoms with E-state index in [4.69, 9.17) is 6.42 Å². The van der Waals surface area contributed by atoms with Crippen molar-refractivity contribution >= 4 is 5.78 Å². The van der Waals surface area contributed by atoms with E-state index in [9.17, 15) is 9.90 Å². The smallest absolute Gasteiger partial charge is 0.158 e. The minimum absolute atomic E-state index is 0.109. The van der Waals surface area contributed by atoms with Gasteiger partial charge in [0.25, 0.3) is 0 Å². The van der Waals surface area contributed by atoms with E-state index in [0.29, 0.717) is 35.5 Å². The molecule has 0 aromatic heterocycles. The minimum Gasteiger partial charge on any atom is -0.392 e. The molecule has 3 saturated carbocycles. The van der Waals surface area contributed by atoms with E-state index in [1.165, 1.54) is 31.3 Å². The second kappa shape index (κ2) is 4.96. The van der Waals surface area contributed by atoms with Gasteiger partial charge in [0.2, 0.25) is 0 Å². The average Bonchev–Trinajstić information content (AvgIpc) is 2.85. The first kappa shape index (κ1) is 15.5. The summed E-state index contributed by atoms with van der Waals surface area (Å²) in [6.45, 7) is 4.64. The molecular formula is C21H28O2. The number of aliphatic hydroxyl groups is 1. The highest BCUT2D eigenvalue weighted by Gasteiger charge is 2.60. The monoisotopic (exact) mass is 312 g/mol. The van der Waals surface area contributed by atoms with E-state index < -0.39 is 6.10 Å². The van der Waals surface area contributed by atoms with E-state index in [-0.39, 0.29) is 11.2 Å². The number of rotatable bonds is 0. The predicted octanol–water partition coefficient (Wildman–Crippen LogP) is 3.74. The van der Waals surface area contributed by atoms with Gasteiger partial charge in [-0.15, -0.1) is 12.3 Å². The summed E-state index contributed by atoms with van der Waals surface area (Å²) in [7, 11) is 0. The summed E-state index contributed by atoms with van der Waals surface area (Å²) < 4.78 is 0. The van der Waals surface area contributed by atoms with Gasteiger partial charge in [-0.25, -0.2) is 0 Å². The van der Waals surface area contributed by atoms with Crippen LogP contribution in [0.2, 0.25) is 0 Å². The minimum atomic E-state index is -0.503. The molecule has 0 saturated heterocycles. The molecule has 0 spiro atoms. The zero-order valence-corrected chi connectivity index (χ0v) is 14.3. The molecule has 0 radical (unpaired) electrons. The first-order valence-corrected chi connectivity index (χ1v) is 9.29. The quantitative estimate of drug-likeness (QED) is 0.692. The molecule has 124 valence electrons. The van der Waals surface area contributed by atoms with Crippen molar-refractivity contribution in [2.24, 2.45) is 34.5 Å². The molecule has 0 heterocycles. The van der Waals surface area contributed by atoms with E-state index in [1.54, 1.807) is 0 Å². The van der Waals surface area contributed by atoms with Crippen LogP contribution in [0, 0.1) is 46.8 Å². The van der Waals surface area contributed by atoms with Crippen LogP contribution in [0.5, 0.6) is 0 Å². The van der Waals surface area contributed by atoms with E-state index in [2.05, 4.69) is 19.8 Å². The Morgan fingerprint density at radius 2 is 2.00 bits per heavy atom. The SMILES string of the molecule is C#C[C@H]1CC[C@H]2[C@@H]3CCC4=CC(=O)CC(O)[C@]4(C)[C@H]3CC[C@]12C. The molecule has 0 bridgehead atoms. The van der Waals surface area contributed by atoms with Gasteiger partial charge in [-0.1, -0.05) is 19.4 Å². The Kier molecular flexibility index (Phi) is 3.34. The summed E-state index contributed by atoms with van der Waals surface area (Å²) >= 11 is 0. The summed E-state index contributed by atoms with van der Waals surface area (Å²) in [4.78, 5) is 11.9. The van der Waals surface area contributed by atoms with Crippen molar-refractivity contribution in [3.05, 3.63) is 11.6 Å². The van der Waals surface area contributed by atoms with Gasteiger partial charge in [-0.05, 0) is 67.8 Å². The molecule has 0 aromatic rings. The van der Waals surface area contributed by atoms with E-state index in [0.717, 1.165) is 12.8 Å². The standard InChI is InChI=1S/C21H28O2/c1-4-13-6-8-17-16-7-5-14-11-15(22)12-19(23)21(14,3)18(16)9-10-20(13,17)2/h1,11,13,16-19,23H,5-10,12H2,2-3H3/t13-,16-,17-,18-,19?,20+,21-/m0/s1. The van der Waals surface area contributed by atoms with Crippen LogP contribution in [-0.2, 0) is 4.79 Å². The highest BCUT2D eigenvalue weighted by atomic mass is 16.3. The average molecular weight is 312 g/mol. The molecule has 4 aliphatic carbocycles. The third kappa shape index (κ3) is 1.89. The lowest BCUT2D eigenvalue weighted by molar-refractivity contribution is -0.126. The Bertz CT molecular complexity index is 612. The maximum Gasteiger partial charge on any atom is 0.158 e. The summed E-state index contributed by atoms with van der Waals surface area (Å²) in [6, 6.07) is 0. The predicted molar refractivity (Wildman–Crippen MR) is 90.4 cm³/mol. The Morgan fingerprint density at radius 3 is 2.74 bits per heavy atom. The maximum absolute atomic E-state index is 11.9. The topological polar surface area (TPSA) is 37.3 Å². The van der Waals surface area contributed by atoms with Crippen LogP contribution in [0.15, 0.2) is 11.6 Å². The molecule has 1 N–H and O–H groups in total. The second-order valence-corrected chi connectivity index (χ2v) is 8.90. The number of aliphatic hydroxyl groups excluding tert-OH is 1. The Hall–Kier alpha value is -1.07. The van der Waals surface area contributed by atoms with Crippen LogP contribution in [0.3, 0.4) is 0 Å². The van der Waals surface area contributed by atoms with Gasteiger partial charge in [0.1, 0.15) is 0 Å². The van der Waals surface area contributed by atoms with Crippen molar-refractivity contribution in [2.75, 3.05) is 0 Å². The van der Waals surface area contributed by atoms with Gasteiger partial charge < -0.3 is 5.11 Å². The molecule has 0 aliphatic heterocycles. The Balaban J connectivity index is 1.71. The van der Waals surface area contributed by atoms with Crippen molar-refractivity contribution in [3.8, 4) is 12.3 Å². The Labute approximate surface area is 139 Å². The number of fused-ring (bicyclic) bond motifs is 5. The molecule has 4 rings (SSSR count). The normalized spacial score (nSPS) is 52.0. The van der Waals surface area contributed by atoms with E-state index >= 15 is 0 Å². The molecule has 0 amide bonds. The molecule has 3 fully saturated rings. The fourth-order valence-electron chi connectivity index (χ4n) is 6.88.